The molecule has 0 N–H and O–H groups in total. The van der Waals surface area contributed by atoms with E-state index >= 15 is 0 Å². The van der Waals surface area contributed by atoms with Crippen molar-refractivity contribution in [3.63, 3.8) is 0 Å². The van der Waals surface area contributed by atoms with Crippen LogP contribution in [0, 0.1) is 5.92 Å². The summed E-state index contributed by atoms with van der Waals surface area (Å²) in [6, 6.07) is 8.40. The molecule has 0 unspecified atom stereocenters. The summed E-state index contributed by atoms with van der Waals surface area (Å²) in [5.74, 6) is 1.33. The van der Waals surface area contributed by atoms with Crippen molar-refractivity contribution in [1.82, 2.24) is 4.90 Å². The van der Waals surface area contributed by atoms with Crippen LogP contribution in [0.4, 0.5) is 0 Å². The topological polar surface area (TPSA) is 42.7 Å². The number of nitrogens with zero attached hydrogens (tertiary/aromatic N) is 1. The molecule has 122 valence electrons. The maximum atomic E-state index is 12.4. The fourth-order valence-corrected chi connectivity index (χ4v) is 3.23. The molecule has 1 heterocycles. The average molecular weight is 313 g/mol. The molecule has 0 atom stereocenters. The van der Waals surface area contributed by atoms with Gasteiger partial charge in [-0.1, -0.05) is 18.2 Å². The van der Waals surface area contributed by atoms with Gasteiger partial charge < -0.3 is 9.15 Å². The Morgan fingerprint density at radius 2 is 2.04 bits per heavy atom. The summed E-state index contributed by atoms with van der Waals surface area (Å²) in [6.45, 7) is 4.06. The largest absolute Gasteiger partial charge is 0.462 e. The molecule has 2 aromatic rings. The van der Waals surface area contributed by atoms with Crippen LogP contribution in [0.5, 0.6) is 0 Å². The van der Waals surface area contributed by atoms with Gasteiger partial charge in [0.05, 0.1) is 13.2 Å². The summed E-state index contributed by atoms with van der Waals surface area (Å²) in [5, 5.41) is 0.864. The van der Waals surface area contributed by atoms with E-state index in [1.807, 2.05) is 31.2 Å². The quantitative estimate of drug-likeness (QED) is 0.725. The van der Waals surface area contributed by atoms with Gasteiger partial charge in [0.2, 0.25) is 0 Å². The van der Waals surface area contributed by atoms with E-state index in [2.05, 4.69) is 4.90 Å². The third-order valence-electron chi connectivity index (χ3n) is 4.75. The van der Waals surface area contributed by atoms with Gasteiger partial charge in [-0.2, -0.15) is 0 Å². The number of hydrogen-bond donors (Lipinski definition) is 0. The molecule has 0 saturated heterocycles. The minimum atomic E-state index is -0.269. The molecule has 4 rings (SSSR count). The maximum Gasteiger partial charge on any atom is 0.342 e. The Hall–Kier alpha value is -1.81. The summed E-state index contributed by atoms with van der Waals surface area (Å²) in [7, 11) is 0. The molecule has 4 heteroatoms. The molecular weight excluding hydrogens is 290 g/mol. The summed E-state index contributed by atoms with van der Waals surface area (Å²) in [6.07, 6.45) is 5.21. The maximum absolute atomic E-state index is 12.4. The first kappa shape index (κ1) is 14.8. The number of carbonyl (C=O) groups is 1. The molecular formula is C19H23NO3. The number of ether oxygens (including phenoxy) is 1. The summed E-state index contributed by atoms with van der Waals surface area (Å²) in [4.78, 5) is 14.9. The smallest absolute Gasteiger partial charge is 0.342 e. The number of fused-ring (bicyclic) bond motifs is 1. The molecule has 2 saturated carbocycles. The van der Waals surface area contributed by atoms with E-state index in [4.69, 9.17) is 9.15 Å². The zero-order chi connectivity index (χ0) is 15.8. The van der Waals surface area contributed by atoms with Crippen molar-refractivity contribution in [2.24, 2.45) is 5.92 Å². The van der Waals surface area contributed by atoms with Crippen LogP contribution >= 0.6 is 0 Å². The van der Waals surface area contributed by atoms with Gasteiger partial charge in [0.15, 0.2) is 0 Å². The van der Waals surface area contributed by atoms with Gasteiger partial charge in [0.25, 0.3) is 0 Å². The summed E-state index contributed by atoms with van der Waals surface area (Å²) < 4.78 is 11.3. The van der Waals surface area contributed by atoms with Crippen molar-refractivity contribution in [3.05, 3.63) is 35.6 Å². The number of para-hydroxylation sites is 1. The van der Waals surface area contributed by atoms with Gasteiger partial charge in [-0.05, 0) is 44.6 Å². The molecule has 4 nitrogen and oxygen atoms in total. The van der Waals surface area contributed by atoms with E-state index in [9.17, 15) is 4.79 Å². The Bertz CT molecular complexity index is 712. The summed E-state index contributed by atoms with van der Waals surface area (Å²) >= 11 is 0. The SMILES string of the molecule is CCOC(=O)c1c(CN(CC2CC2)C2CC2)oc2ccccc12. The molecule has 2 aliphatic rings. The first-order valence-electron chi connectivity index (χ1n) is 8.68. The minimum Gasteiger partial charge on any atom is -0.462 e. The molecule has 0 bridgehead atoms. The van der Waals surface area contributed by atoms with E-state index in [0.29, 0.717) is 24.8 Å². The van der Waals surface area contributed by atoms with Gasteiger partial charge in [0, 0.05) is 18.0 Å². The highest BCUT2D eigenvalue weighted by atomic mass is 16.5. The van der Waals surface area contributed by atoms with Crippen LogP contribution in [0.2, 0.25) is 0 Å². The van der Waals surface area contributed by atoms with Crippen LogP contribution in [0.3, 0.4) is 0 Å². The van der Waals surface area contributed by atoms with E-state index < -0.39 is 0 Å². The molecule has 2 aliphatic carbocycles. The van der Waals surface area contributed by atoms with Gasteiger partial charge in [0.1, 0.15) is 16.9 Å². The van der Waals surface area contributed by atoms with E-state index in [1.165, 1.54) is 25.7 Å². The minimum absolute atomic E-state index is 0.269. The van der Waals surface area contributed by atoms with E-state index in [-0.39, 0.29) is 5.97 Å². The van der Waals surface area contributed by atoms with Crippen molar-refractivity contribution >= 4 is 16.9 Å². The molecule has 0 aliphatic heterocycles. The summed E-state index contributed by atoms with van der Waals surface area (Å²) in [5.41, 5.74) is 1.39. The third kappa shape index (κ3) is 3.13. The molecule has 23 heavy (non-hydrogen) atoms. The Morgan fingerprint density at radius 3 is 2.74 bits per heavy atom. The monoisotopic (exact) mass is 313 g/mol. The second-order valence-corrected chi connectivity index (χ2v) is 6.72. The number of furan rings is 1. The lowest BCUT2D eigenvalue weighted by molar-refractivity contribution is 0.0523. The molecule has 0 radical (unpaired) electrons. The number of rotatable bonds is 7. The Labute approximate surface area is 136 Å². The molecule has 2 fully saturated rings. The lowest BCUT2D eigenvalue weighted by atomic mass is 10.1. The van der Waals surface area contributed by atoms with Crippen LogP contribution in [0.15, 0.2) is 28.7 Å². The van der Waals surface area contributed by atoms with Crippen LogP contribution in [0.1, 0.15) is 48.7 Å². The predicted octanol–water partition coefficient (Wildman–Crippen LogP) is 3.98. The van der Waals surface area contributed by atoms with Crippen molar-refractivity contribution in [2.45, 2.75) is 45.2 Å². The Balaban J connectivity index is 1.66. The normalized spacial score (nSPS) is 17.8. The van der Waals surface area contributed by atoms with Crippen LogP contribution < -0.4 is 0 Å². The number of hydrogen-bond acceptors (Lipinski definition) is 4. The highest BCUT2D eigenvalue weighted by Gasteiger charge is 2.35. The van der Waals surface area contributed by atoms with E-state index in [1.54, 1.807) is 0 Å². The highest BCUT2D eigenvalue weighted by Crippen LogP contribution is 2.37. The second kappa shape index (κ2) is 6.00. The molecule has 0 spiro atoms. The van der Waals surface area contributed by atoms with Crippen molar-refractivity contribution in [2.75, 3.05) is 13.2 Å². The fraction of sp³-hybridized carbons (Fsp3) is 0.526. The zero-order valence-corrected chi connectivity index (χ0v) is 13.6. The van der Waals surface area contributed by atoms with Crippen molar-refractivity contribution < 1.29 is 13.9 Å². The standard InChI is InChI=1S/C19H23NO3/c1-2-22-19(21)18-15-5-3-4-6-16(15)23-17(18)12-20(14-9-10-14)11-13-7-8-13/h3-6,13-14H,2,7-12H2,1H3. The van der Waals surface area contributed by atoms with Crippen molar-refractivity contribution in [1.29, 1.82) is 0 Å². The fourth-order valence-electron chi connectivity index (χ4n) is 3.23. The molecule has 1 aromatic heterocycles. The van der Waals surface area contributed by atoms with Gasteiger partial charge in [-0.15, -0.1) is 0 Å². The second-order valence-electron chi connectivity index (χ2n) is 6.72. The first-order chi connectivity index (χ1) is 11.3. The number of carbonyl (C=O) groups excluding carboxylic acids is 1. The van der Waals surface area contributed by atoms with Gasteiger partial charge in [-0.3, -0.25) is 4.90 Å². The lowest BCUT2D eigenvalue weighted by Crippen LogP contribution is -2.28. The van der Waals surface area contributed by atoms with Crippen LogP contribution in [-0.4, -0.2) is 30.1 Å². The average Bonchev–Trinajstić information content (AvgIpc) is 3.43. The van der Waals surface area contributed by atoms with Gasteiger partial charge >= 0.3 is 5.97 Å². The molecule has 0 amide bonds. The predicted molar refractivity (Wildman–Crippen MR) is 88.3 cm³/mol. The third-order valence-corrected chi connectivity index (χ3v) is 4.75. The van der Waals surface area contributed by atoms with E-state index in [0.717, 1.165) is 29.2 Å². The Morgan fingerprint density at radius 1 is 1.26 bits per heavy atom. The Kier molecular flexibility index (Phi) is 3.85. The molecule has 1 aromatic carbocycles. The van der Waals surface area contributed by atoms with Crippen molar-refractivity contribution in [3.8, 4) is 0 Å². The lowest BCUT2D eigenvalue weighted by Gasteiger charge is -2.21. The highest BCUT2D eigenvalue weighted by molar-refractivity contribution is 6.04. The zero-order valence-electron chi connectivity index (χ0n) is 13.6. The van der Waals surface area contributed by atoms with Gasteiger partial charge in [-0.25, -0.2) is 4.79 Å². The van der Waals surface area contributed by atoms with Crippen LogP contribution in [0.25, 0.3) is 11.0 Å². The number of esters is 1. The first-order valence-corrected chi connectivity index (χ1v) is 8.68. The van der Waals surface area contributed by atoms with Crippen LogP contribution in [-0.2, 0) is 11.3 Å². The number of benzene rings is 1.